The van der Waals surface area contributed by atoms with E-state index in [1.807, 2.05) is 23.1 Å². The fourth-order valence-electron chi connectivity index (χ4n) is 2.50. The van der Waals surface area contributed by atoms with Crippen molar-refractivity contribution in [1.29, 1.82) is 0 Å². The van der Waals surface area contributed by atoms with Crippen molar-refractivity contribution < 1.29 is 14.3 Å². The van der Waals surface area contributed by atoms with Crippen LogP contribution in [0.5, 0.6) is 0 Å². The van der Waals surface area contributed by atoms with Crippen molar-refractivity contribution in [3.63, 3.8) is 0 Å². The SMILES string of the molecule is COCOC[C@H]1CC(=O)N([C@H](C)c2ccccc2)C1. The minimum absolute atomic E-state index is 0.126. The minimum Gasteiger partial charge on any atom is -0.359 e. The highest BCUT2D eigenvalue weighted by atomic mass is 16.7. The van der Waals surface area contributed by atoms with Crippen LogP contribution >= 0.6 is 0 Å². The summed E-state index contributed by atoms with van der Waals surface area (Å²) in [5.74, 6) is 0.483. The maximum absolute atomic E-state index is 12.1. The van der Waals surface area contributed by atoms with Crippen molar-refractivity contribution in [2.45, 2.75) is 19.4 Å². The van der Waals surface area contributed by atoms with E-state index in [1.54, 1.807) is 7.11 Å². The summed E-state index contributed by atoms with van der Waals surface area (Å²) in [6.45, 7) is 3.71. The number of rotatable bonds is 6. The molecule has 2 atom stereocenters. The molecule has 0 saturated carbocycles. The lowest BCUT2D eigenvalue weighted by Gasteiger charge is -2.25. The number of likely N-dealkylation sites (tertiary alicyclic amines) is 1. The molecule has 2 rings (SSSR count). The summed E-state index contributed by atoms with van der Waals surface area (Å²) in [7, 11) is 1.60. The van der Waals surface area contributed by atoms with E-state index in [-0.39, 0.29) is 17.9 Å². The van der Waals surface area contributed by atoms with Crippen molar-refractivity contribution in [2.75, 3.05) is 27.1 Å². The first kappa shape index (κ1) is 14.0. The smallest absolute Gasteiger partial charge is 0.223 e. The summed E-state index contributed by atoms with van der Waals surface area (Å²) in [5.41, 5.74) is 1.18. The van der Waals surface area contributed by atoms with Gasteiger partial charge < -0.3 is 14.4 Å². The second kappa shape index (κ2) is 6.68. The van der Waals surface area contributed by atoms with Crippen molar-refractivity contribution >= 4 is 5.91 Å². The van der Waals surface area contributed by atoms with Gasteiger partial charge in [-0.25, -0.2) is 0 Å². The molecule has 0 aromatic heterocycles. The topological polar surface area (TPSA) is 38.8 Å². The zero-order valence-corrected chi connectivity index (χ0v) is 11.5. The van der Waals surface area contributed by atoms with Crippen molar-refractivity contribution in [2.24, 2.45) is 5.92 Å². The number of carbonyl (C=O) groups is 1. The van der Waals surface area contributed by atoms with E-state index < -0.39 is 0 Å². The highest BCUT2D eigenvalue weighted by molar-refractivity contribution is 5.79. The van der Waals surface area contributed by atoms with Crippen LogP contribution < -0.4 is 0 Å². The van der Waals surface area contributed by atoms with E-state index >= 15 is 0 Å². The maximum Gasteiger partial charge on any atom is 0.223 e. The van der Waals surface area contributed by atoms with Crippen LogP contribution in [0, 0.1) is 5.92 Å². The third-order valence-electron chi connectivity index (χ3n) is 3.54. The maximum atomic E-state index is 12.1. The van der Waals surface area contributed by atoms with Gasteiger partial charge in [0.2, 0.25) is 5.91 Å². The number of hydrogen-bond acceptors (Lipinski definition) is 3. The summed E-state index contributed by atoms with van der Waals surface area (Å²) >= 11 is 0. The van der Waals surface area contributed by atoms with Crippen molar-refractivity contribution in [3.8, 4) is 0 Å². The molecule has 1 aliphatic heterocycles. The average molecular weight is 263 g/mol. The van der Waals surface area contributed by atoms with Gasteiger partial charge in [0, 0.05) is 26.0 Å². The average Bonchev–Trinajstić information content (AvgIpc) is 2.80. The van der Waals surface area contributed by atoms with E-state index in [1.165, 1.54) is 5.56 Å². The number of methoxy groups -OCH3 is 1. The number of benzene rings is 1. The molecule has 1 aliphatic rings. The molecule has 1 aromatic carbocycles. The Labute approximate surface area is 114 Å². The molecule has 104 valence electrons. The zero-order valence-electron chi connectivity index (χ0n) is 11.5. The molecule has 0 radical (unpaired) electrons. The summed E-state index contributed by atoms with van der Waals surface area (Å²) in [4.78, 5) is 14.0. The first-order chi connectivity index (χ1) is 9.22. The molecule has 0 aliphatic carbocycles. The molecule has 0 bridgehead atoms. The van der Waals surface area contributed by atoms with Gasteiger partial charge >= 0.3 is 0 Å². The van der Waals surface area contributed by atoms with Crippen LogP contribution in [0.4, 0.5) is 0 Å². The summed E-state index contributed by atoms with van der Waals surface area (Å²) < 4.78 is 10.2. The Morgan fingerprint density at radius 2 is 2.11 bits per heavy atom. The van der Waals surface area contributed by atoms with E-state index in [4.69, 9.17) is 9.47 Å². The number of hydrogen-bond donors (Lipinski definition) is 0. The predicted octanol–water partition coefficient (Wildman–Crippen LogP) is 2.22. The van der Waals surface area contributed by atoms with Gasteiger partial charge in [-0.2, -0.15) is 0 Å². The first-order valence-electron chi connectivity index (χ1n) is 6.63. The minimum atomic E-state index is 0.126. The summed E-state index contributed by atoms with van der Waals surface area (Å²) in [5, 5.41) is 0. The Kier molecular flexibility index (Phi) is 4.93. The van der Waals surface area contributed by atoms with Crippen LogP contribution in [0.2, 0.25) is 0 Å². The molecular weight excluding hydrogens is 242 g/mol. The fourth-order valence-corrected chi connectivity index (χ4v) is 2.50. The molecule has 1 aromatic rings. The highest BCUT2D eigenvalue weighted by Crippen LogP contribution is 2.28. The molecule has 0 N–H and O–H groups in total. The third kappa shape index (κ3) is 3.55. The van der Waals surface area contributed by atoms with Gasteiger partial charge in [-0.05, 0) is 12.5 Å². The Balaban J connectivity index is 1.92. The monoisotopic (exact) mass is 263 g/mol. The molecule has 1 fully saturated rings. The number of nitrogens with zero attached hydrogens (tertiary/aromatic N) is 1. The number of ether oxygens (including phenoxy) is 2. The lowest BCUT2D eigenvalue weighted by Crippen LogP contribution is -2.28. The normalized spacial score (nSPS) is 20.8. The fraction of sp³-hybridized carbons (Fsp3) is 0.533. The standard InChI is InChI=1S/C15H21NO3/c1-12(14-6-4-3-5-7-14)16-9-13(8-15(16)17)10-19-11-18-2/h3-7,12-13H,8-11H2,1-2H3/t12-,13+/m1/s1. The van der Waals surface area contributed by atoms with Gasteiger partial charge in [-0.1, -0.05) is 30.3 Å². The van der Waals surface area contributed by atoms with Crippen LogP contribution in [-0.4, -0.2) is 37.9 Å². The second-order valence-electron chi connectivity index (χ2n) is 4.98. The molecule has 4 heteroatoms. The van der Waals surface area contributed by atoms with E-state index in [9.17, 15) is 4.79 Å². The molecule has 19 heavy (non-hydrogen) atoms. The quantitative estimate of drug-likeness (QED) is 0.583. The molecule has 1 heterocycles. The number of carbonyl (C=O) groups excluding carboxylic acids is 1. The van der Waals surface area contributed by atoms with Crippen LogP contribution in [-0.2, 0) is 14.3 Å². The molecular formula is C15H21NO3. The van der Waals surface area contributed by atoms with Crippen LogP contribution in [0.1, 0.15) is 24.9 Å². The summed E-state index contributed by atoms with van der Waals surface area (Å²) in [6.07, 6.45) is 0.570. The van der Waals surface area contributed by atoms with Crippen LogP contribution in [0.3, 0.4) is 0 Å². The number of amides is 1. The first-order valence-corrected chi connectivity index (χ1v) is 6.63. The molecule has 1 amide bonds. The van der Waals surface area contributed by atoms with Crippen LogP contribution in [0.25, 0.3) is 0 Å². The van der Waals surface area contributed by atoms with Gasteiger partial charge in [-0.3, -0.25) is 4.79 Å². The van der Waals surface area contributed by atoms with E-state index in [0.29, 0.717) is 19.8 Å². The molecule has 1 saturated heterocycles. The lowest BCUT2D eigenvalue weighted by atomic mass is 10.1. The predicted molar refractivity (Wildman–Crippen MR) is 72.5 cm³/mol. The lowest BCUT2D eigenvalue weighted by molar-refractivity contribution is -0.129. The summed E-state index contributed by atoms with van der Waals surface area (Å²) in [6, 6.07) is 10.3. The Bertz CT molecular complexity index is 407. The Hall–Kier alpha value is -1.39. The zero-order chi connectivity index (χ0) is 13.7. The Morgan fingerprint density at radius 3 is 2.79 bits per heavy atom. The van der Waals surface area contributed by atoms with Gasteiger partial charge in [0.1, 0.15) is 6.79 Å². The third-order valence-corrected chi connectivity index (χ3v) is 3.54. The molecule has 4 nitrogen and oxygen atoms in total. The van der Waals surface area contributed by atoms with Gasteiger partial charge in [0.25, 0.3) is 0 Å². The van der Waals surface area contributed by atoms with Crippen LogP contribution in [0.15, 0.2) is 30.3 Å². The van der Waals surface area contributed by atoms with Gasteiger partial charge in [0.05, 0.1) is 12.6 Å². The Morgan fingerprint density at radius 1 is 1.37 bits per heavy atom. The molecule has 0 unspecified atom stereocenters. The largest absolute Gasteiger partial charge is 0.359 e. The molecule has 0 spiro atoms. The van der Waals surface area contributed by atoms with E-state index in [0.717, 1.165) is 6.54 Å². The van der Waals surface area contributed by atoms with Crippen molar-refractivity contribution in [1.82, 2.24) is 4.90 Å². The van der Waals surface area contributed by atoms with Gasteiger partial charge in [-0.15, -0.1) is 0 Å². The second-order valence-corrected chi connectivity index (χ2v) is 4.98. The van der Waals surface area contributed by atoms with Crippen molar-refractivity contribution in [3.05, 3.63) is 35.9 Å². The van der Waals surface area contributed by atoms with E-state index in [2.05, 4.69) is 19.1 Å². The van der Waals surface area contributed by atoms with Gasteiger partial charge in [0.15, 0.2) is 0 Å². The highest BCUT2D eigenvalue weighted by Gasteiger charge is 2.33.